The monoisotopic (exact) mass is 338 g/mol. The van der Waals surface area contributed by atoms with Crippen LogP contribution >= 0.6 is 0 Å². The highest BCUT2D eigenvalue weighted by molar-refractivity contribution is 5.99. The Labute approximate surface area is 147 Å². The maximum Gasteiger partial charge on any atom is 0.253 e. The molecule has 130 valence electrons. The van der Waals surface area contributed by atoms with Gasteiger partial charge in [-0.15, -0.1) is 0 Å². The molecule has 2 fully saturated rings. The van der Waals surface area contributed by atoms with E-state index in [1.54, 1.807) is 11.1 Å². The van der Waals surface area contributed by atoms with Crippen LogP contribution in [0.25, 0.3) is 0 Å². The number of amides is 2. The number of nitrogens with zero attached hydrogens (tertiary/aromatic N) is 4. The van der Waals surface area contributed by atoms with Crippen LogP contribution in [-0.2, 0) is 4.79 Å². The summed E-state index contributed by atoms with van der Waals surface area (Å²) in [6.07, 6.45) is 9.07. The zero-order valence-electron chi connectivity index (χ0n) is 14.2. The molecular weight excluding hydrogens is 316 g/mol. The van der Waals surface area contributed by atoms with Gasteiger partial charge < -0.3 is 14.4 Å². The molecular formula is C19H22N4O2. The Bertz CT molecular complexity index is 771. The van der Waals surface area contributed by atoms with Crippen molar-refractivity contribution in [2.45, 2.75) is 31.7 Å². The third-order valence-corrected chi connectivity index (χ3v) is 5.11. The number of anilines is 1. The molecule has 0 saturated carbocycles. The quantitative estimate of drug-likeness (QED) is 0.864. The summed E-state index contributed by atoms with van der Waals surface area (Å²) >= 11 is 0. The Kier molecular flexibility index (Phi) is 4.26. The van der Waals surface area contributed by atoms with Crippen molar-refractivity contribution in [1.29, 1.82) is 0 Å². The topological polar surface area (TPSA) is 58.4 Å². The van der Waals surface area contributed by atoms with Gasteiger partial charge in [0.25, 0.3) is 5.91 Å². The van der Waals surface area contributed by atoms with Crippen LogP contribution in [0.15, 0.2) is 43.0 Å². The number of piperidine rings is 1. The molecule has 2 saturated heterocycles. The maximum absolute atomic E-state index is 13.0. The molecule has 1 unspecified atom stereocenters. The fraction of sp³-hybridized carbons (Fsp3) is 0.421. The number of carbonyl (C=O) groups excluding carboxylic acids is 2. The highest BCUT2D eigenvalue weighted by Crippen LogP contribution is 2.25. The van der Waals surface area contributed by atoms with Crippen molar-refractivity contribution in [1.82, 2.24) is 14.5 Å². The van der Waals surface area contributed by atoms with Crippen molar-refractivity contribution in [3.63, 3.8) is 0 Å². The molecule has 6 nitrogen and oxygen atoms in total. The summed E-state index contributed by atoms with van der Waals surface area (Å²) in [4.78, 5) is 32.7. The van der Waals surface area contributed by atoms with E-state index in [0.29, 0.717) is 18.5 Å². The van der Waals surface area contributed by atoms with Crippen LogP contribution in [0.1, 0.15) is 42.1 Å². The zero-order valence-corrected chi connectivity index (χ0v) is 14.2. The van der Waals surface area contributed by atoms with E-state index in [1.165, 1.54) is 0 Å². The van der Waals surface area contributed by atoms with Gasteiger partial charge in [-0.1, -0.05) is 6.07 Å². The van der Waals surface area contributed by atoms with E-state index >= 15 is 0 Å². The largest absolute Gasteiger partial charge is 0.337 e. The summed E-state index contributed by atoms with van der Waals surface area (Å²) in [6, 6.07) is 7.75. The molecule has 2 aromatic rings. The van der Waals surface area contributed by atoms with Crippen molar-refractivity contribution < 1.29 is 9.59 Å². The molecule has 2 aliphatic rings. The van der Waals surface area contributed by atoms with Crippen molar-refractivity contribution in [3.8, 4) is 0 Å². The van der Waals surface area contributed by atoms with E-state index in [4.69, 9.17) is 0 Å². The van der Waals surface area contributed by atoms with Crippen LogP contribution < -0.4 is 4.90 Å². The molecule has 1 aromatic heterocycles. The molecule has 0 spiro atoms. The second kappa shape index (κ2) is 6.70. The molecule has 0 N–H and O–H groups in total. The lowest BCUT2D eigenvalue weighted by Gasteiger charge is -2.33. The molecule has 6 heteroatoms. The Balaban J connectivity index is 1.51. The Morgan fingerprint density at radius 2 is 2.12 bits per heavy atom. The van der Waals surface area contributed by atoms with Crippen LogP contribution in [-0.4, -0.2) is 45.9 Å². The summed E-state index contributed by atoms with van der Waals surface area (Å²) in [5, 5.41) is 0. The molecule has 0 bridgehead atoms. The van der Waals surface area contributed by atoms with E-state index in [9.17, 15) is 9.59 Å². The van der Waals surface area contributed by atoms with Crippen molar-refractivity contribution in [2.75, 3.05) is 24.5 Å². The molecule has 2 aliphatic heterocycles. The van der Waals surface area contributed by atoms with Crippen molar-refractivity contribution in [3.05, 3.63) is 48.5 Å². The summed E-state index contributed by atoms with van der Waals surface area (Å²) in [7, 11) is 0. The lowest BCUT2D eigenvalue weighted by Crippen LogP contribution is -2.40. The van der Waals surface area contributed by atoms with Crippen LogP contribution in [0.5, 0.6) is 0 Å². The van der Waals surface area contributed by atoms with E-state index < -0.39 is 0 Å². The van der Waals surface area contributed by atoms with Gasteiger partial charge in [-0.2, -0.15) is 0 Å². The summed E-state index contributed by atoms with van der Waals surface area (Å²) in [5.41, 5.74) is 1.49. The highest BCUT2D eigenvalue weighted by Gasteiger charge is 2.27. The third-order valence-electron chi connectivity index (χ3n) is 5.11. The van der Waals surface area contributed by atoms with Crippen molar-refractivity contribution in [2.24, 2.45) is 0 Å². The van der Waals surface area contributed by atoms with Crippen LogP contribution in [0.2, 0.25) is 0 Å². The number of hydrogen-bond donors (Lipinski definition) is 0. The van der Waals surface area contributed by atoms with E-state index in [-0.39, 0.29) is 17.9 Å². The van der Waals surface area contributed by atoms with Gasteiger partial charge in [0.05, 0.1) is 12.4 Å². The standard InChI is InChI=1S/C19H22N4O2/c24-18-7-3-10-23(18)16-5-1-4-15(12-16)19(25)21-9-2-6-17(13-21)22-11-8-20-14-22/h1,4-5,8,11-12,14,17H,2-3,6-7,9-10,13H2. The predicted molar refractivity (Wildman–Crippen MR) is 94.4 cm³/mol. The highest BCUT2D eigenvalue weighted by atomic mass is 16.2. The number of rotatable bonds is 3. The van der Waals surface area contributed by atoms with E-state index in [1.807, 2.05) is 41.7 Å². The third kappa shape index (κ3) is 3.16. The normalized spacial score (nSPS) is 21.0. The average Bonchev–Trinajstić information content (AvgIpc) is 3.33. The maximum atomic E-state index is 13.0. The van der Waals surface area contributed by atoms with Gasteiger partial charge in [-0.3, -0.25) is 9.59 Å². The van der Waals surface area contributed by atoms with Gasteiger partial charge >= 0.3 is 0 Å². The minimum absolute atomic E-state index is 0.0401. The molecule has 1 atom stereocenters. The van der Waals surface area contributed by atoms with Crippen molar-refractivity contribution >= 4 is 17.5 Å². The molecule has 3 heterocycles. The number of benzene rings is 1. The number of hydrogen-bond acceptors (Lipinski definition) is 3. The average molecular weight is 338 g/mol. The molecule has 2 amide bonds. The van der Waals surface area contributed by atoms with Gasteiger partial charge in [0.2, 0.25) is 5.91 Å². The number of likely N-dealkylation sites (tertiary alicyclic amines) is 1. The van der Waals surface area contributed by atoms with E-state index in [2.05, 4.69) is 9.55 Å². The molecule has 4 rings (SSSR count). The van der Waals surface area contributed by atoms with Gasteiger partial charge in [0.15, 0.2) is 0 Å². The lowest BCUT2D eigenvalue weighted by atomic mass is 10.0. The lowest BCUT2D eigenvalue weighted by molar-refractivity contribution is -0.117. The first-order valence-corrected chi connectivity index (χ1v) is 8.89. The number of imidazole rings is 1. The first kappa shape index (κ1) is 15.9. The smallest absolute Gasteiger partial charge is 0.253 e. The van der Waals surface area contributed by atoms with Crippen LogP contribution in [0.3, 0.4) is 0 Å². The SMILES string of the molecule is O=C(c1cccc(N2CCCC2=O)c1)N1CCCC(n2ccnc2)C1. The minimum atomic E-state index is 0.0401. The molecule has 0 aliphatic carbocycles. The molecule has 1 aromatic carbocycles. The summed E-state index contributed by atoms with van der Waals surface area (Å²) in [6.45, 7) is 2.21. The van der Waals surface area contributed by atoms with Crippen LogP contribution in [0.4, 0.5) is 5.69 Å². The second-order valence-corrected chi connectivity index (χ2v) is 6.76. The first-order chi connectivity index (χ1) is 12.2. The van der Waals surface area contributed by atoms with Gasteiger partial charge in [0.1, 0.15) is 0 Å². The first-order valence-electron chi connectivity index (χ1n) is 8.89. The fourth-order valence-electron chi connectivity index (χ4n) is 3.78. The van der Waals surface area contributed by atoms with Crippen LogP contribution in [0, 0.1) is 0 Å². The predicted octanol–water partition coefficient (Wildman–Crippen LogP) is 2.49. The van der Waals surface area contributed by atoms with Gasteiger partial charge in [-0.05, 0) is 37.5 Å². The Morgan fingerprint density at radius 3 is 2.88 bits per heavy atom. The minimum Gasteiger partial charge on any atom is -0.337 e. The van der Waals surface area contributed by atoms with E-state index in [0.717, 1.165) is 38.0 Å². The molecule has 25 heavy (non-hydrogen) atoms. The summed E-state index contributed by atoms with van der Waals surface area (Å²) in [5.74, 6) is 0.182. The zero-order chi connectivity index (χ0) is 17.2. The number of aromatic nitrogens is 2. The van der Waals surface area contributed by atoms with Gasteiger partial charge in [0, 0.05) is 49.7 Å². The molecule has 0 radical (unpaired) electrons. The fourth-order valence-corrected chi connectivity index (χ4v) is 3.78. The number of carbonyl (C=O) groups is 2. The van der Waals surface area contributed by atoms with Gasteiger partial charge in [-0.25, -0.2) is 4.98 Å². The summed E-state index contributed by atoms with van der Waals surface area (Å²) < 4.78 is 2.08. The Hall–Kier alpha value is -2.63. The Morgan fingerprint density at radius 1 is 1.20 bits per heavy atom. The second-order valence-electron chi connectivity index (χ2n) is 6.76.